The first-order valence-corrected chi connectivity index (χ1v) is 5.86. The third kappa shape index (κ3) is 3.54. The van der Waals surface area contributed by atoms with Crippen molar-refractivity contribution in [3.63, 3.8) is 0 Å². The zero-order chi connectivity index (χ0) is 12.1. The monoisotopic (exact) mass is 251 g/mol. The third-order valence-corrected chi connectivity index (χ3v) is 2.59. The first-order valence-electron chi connectivity index (χ1n) is 5.48. The molecule has 4 nitrogen and oxygen atoms in total. The van der Waals surface area contributed by atoms with Gasteiger partial charge in [-0.1, -0.05) is 28.9 Å². The van der Waals surface area contributed by atoms with Gasteiger partial charge in [0, 0.05) is 24.4 Å². The van der Waals surface area contributed by atoms with Gasteiger partial charge in [-0.25, -0.2) is 0 Å². The SMILES string of the molecule is CNCCc1nc(Cc2cccc(Cl)c2)no1. The normalized spacial score (nSPS) is 10.7. The van der Waals surface area contributed by atoms with Gasteiger partial charge < -0.3 is 9.84 Å². The Kier molecular flexibility index (Phi) is 4.12. The second-order valence-corrected chi connectivity index (χ2v) is 4.20. The van der Waals surface area contributed by atoms with Gasteiger partial charge in [-0.05, 0) is 24.7 Å². The molecule has 1 aromatic carbocycles. The first kappa shape index (κ1) is 12.1. The molecule has 0 saturated carbocycles. The molecule has 0 bridgehead atoms. The number of nitrogens with one attached hydrogen (secondary N) is 1. The summed E-state index contributed by atoms with van der Waals surface area (Å²) in [6.45, 7) is 0.832. The standard InChI is InChI=1S/C12H14ClN3O/c1-14-6-5-12-15-11(16-17-12)8-9-3-2-4-10(13)7-9/h2-4,7,14H,5-6,8H2,1H3. The van der Waals surface area contributed by atoms with E-state index in [1.54, 1.807) is 0 Å². The summed E-state index contributed by atoms with van der Waals surface area (Å²) in [6, 6.07) is 7.67. The molecule has 0 aliphatic carbocycles. The van der Waals surface area contributed by atoms with Crippen LogP contribution in [0.25, 0.3) is 0 Å². The van der Waals surface area contributed by atoms with Crippen LogP contribution in [-0.4, -0.2) is 23.7 Å². The zero-order valence-electron chi connectivity index (χ0n) is 9.61. The highest BCUT2D eigenvalue weighted by molar-refractivity contribution is 6.30. The summed E-state index contributed by atoms with van der Waals surface area (Å²) in [6.07, 6.45) is 1.39. The molecule has 5 heteroatoms. The van der Waals surface area contributed by atoms with Crippen LogP contribution in [0.15, 0.2) is 28.8 Å². The van der Waals surface area contributed by atoms with Crippen molar-refractivity contribution in [3.05, 3.63) is 46.6 Å². The van der Waals surface area contributed by atoms with Crippen molar-refractivity contribution in [2.45, 2.75) is 12.8 Å². The maximum absolute atomic E-state index is 5.91. The molecule has 0 unspecified atom stereocenters. The zero-order valence-corrected chi connectivity index (χ0v) is 10.4. The Morgan fingerprint density at radius 2 is 2.29 bits per heavy atom. The lowest BCUT2D eigenvalue weighted by molar-refractivity contribution is 0.372. The Hall–Kier alpha value is -1.39. The molecule has 1 aromatic heterocycles. The molecule has 2 rings (SSSR count). The van der Waals surface area contributed by atoms with E-state index in [-0.39, 0.29) is 0 Å². The lowest BCUT2D eigenvalue weighted by atomic mass is 10.1. The van der Waals surface area contributed by atoms with Crippen molar-refractivity contribution < 1.29 is 4.52 Å². The van der Waals surface area contributed by atoms with Crippen LogP contribution in [0.3, 0.4) is 0 Å². The summed E-state index contributed by atoms with van der Waals surface area (Å²) >= 11 is 5.91. The van der Waals surface area contributed by atoms with Crippen LogP contribution in [-0.2, 0) is 12.8 Å². The van der Waals surface area contributed by atoms with E-state index in [0.29, 0.717) is 18.1 Å². The second-order valence-electron chi connectivity index (χ2n) is 3.76. The van der Waals surface area contributed by atoms with Gasteiger partial charge in [-0.15, -0.1) is 0 Å². The number of rotatable bonds is 5. The van der Waals surface area contributed by atoms with E-state index >= 15 is 0 Å². The smallest absolute Gasteiger partial charge is 0.227 e. The van der Waals surface area contributed by atoms with Crippen LogP contribution in [0.1, 0.15) is 17.3 Å². The highest BCUT2D eigenvalue weighted by Gasteiger charge is 2.06. The van der Waals surface area contributed by atoms with E-state index in [1.807, 2.05) is 31.3 Å². The van der Waals surface area contributed by atoms with Crippen LogP contribution in [0.5, 0.6) is 0 Å². The summed E-state index contributed by atoms with van der Waals surface area (Å²) in [4.78, 5) is 4.31. The van der Waals surface area contributed by atoms with Crippen molar-refractivity contribution in [1.29, 1.82) is 0 Å². The molecule has 0 amide bonds. The Morgan fingerprint density at radius 1 is 1.41 bits per heavy atom. The number of hydrogen-bond acceptors (Lipinski definition) is 4. The van der Waals surface area contributed by atoms with Crippen LogP contribution >= 0.6 is 11.6 Å². The fourth-order valence-corrected chi connectivity index (χ4v) is 1.74. The Balaban J connectivity index is 2.01. The lowest BCUT2D eigenvalue weighted by Gasteiger charge is -1.96. The molecule has 1 heterocycles. The molecule has 0 atom stereocenters. The van der Waals surface area contributed by atoms with E-state index < -0.39 is 0 Å². The number of halogens is 1. The number of hydrogen-bond donors (Lipinski definition) is 1. The average molecular weight is 252 g/mol. The predicted octanol–water partition coefficient (Wildman–Crippen LogP) is 2.08. The fraction of sp³-hybridized carbons (Fsp3) is 0.333. The second kappa shape index (κ2) is 5.80. The van der Waals surface area contributed by atoms with E-state index in [9.17, 15) is 0 Å². The van der Waals surface area contributed by atoms with Gasteiger partial charge in [0.05, 0.1) is 0 Å². The molecule has 0 spiro atoms. The highest BCUT2D eigenvalue weighted by Crippen LogP contribution is 2.13. The van der Waals surface area contributed by atoms with Crippen LogP contribution in [0, 0.1) is 0 Å². The van der Waals surface area contributed by atoms with Gasteiger partial charge >= 0.3 is 0 Å². The van der Waals surface area contributed by atoms with Gasteiger partial charge in [-0.2, -0.15) is 4.98 Å². The van der Waals surface area contributed by atoms with E-state index in [4.69, 9.17) is 16.1 Å². The maximum atomic E-state index is 5.91. The van der Waals surface area contributed by atoms with Gasteiger partial charge in [-0.3, -0.25) is 0 Å². The molecule has 0 fully saturated rings. The van der Waals surface area contributed by atoms with Crippen molar-refractivity contribution in [1.82, 2.24) is 15.5 Å². The summed E-state index contributed by atoms with van der Waals surface area (Å²) in [5, 5.41) is 7.70. The van der Waals surface area contributed by atoms with Crippen molar-refractivity contribution in [2.24, 2.45) is 0 Å². The van der Waals surface area contributed by atoms with Crippen molar-refractivity contribution in [3.8, 4) is 0 Å². The number of benzene rings is 1. The van der Waals surface area contributed by atoms with Gasteiger partial charge in [0.1, 0.15) is 0 Å². The van der Waals surface area contributed by atoms with Crippen molar-refractivity contribution >= 4 is 11.6 Å². The summed E-state index contributed by atoms with van der Waals surface area (Å²) in [5.74, 6) is 1.36. The average Bonchev–Trinajstić information content (AvgIpc) is 2.74. The summed E-state index contributed by atoms with van der Waals surface area (Å²) in [5.41, 5.74) is 1.08. The molecular weight excluding hydrogens is 238 g/mol. The Bertz CT molecular complexity index is 484. The van der Waals surface area contributed by atoms with Crippen molar-refractivity contribution in [2.75, 3.05) is 13.6 Å². The van der Waals surface area contributed by atoms with E-state index in [1.165, 1.54) is 0 Å². The Morgan fingerprint density at radius 3 is 3.06 bits per heavy atom. The molecule has 90 valence electrons. The van der Waals surface area contributed by atoms with E-state index in [2.05, 4.69) is 15.5 Å². The summed E-state index contributed by atoms with van der Waals surface area (Å²) in [7, 11) is 1.89. The molecule has 0 aliphatic heterocycles. The molecule has 2 aromatic rings. The topological polar surface area (TPSA) is 51.0 Å². The molecule has 0 saturated heterocycles. The number of likely N-dealkylation sites (N-methyl/N-ethyl adjacent to an activating group) is 1. The van der Waals surface area contributed by atoms with E-state index in [0.717, 1.165) is 23.6 Å². The quantitative estimate of drug-likeness (QED) is 0.884. The minimum absolute atomic E-state index is 0.642. The minimum atomic E-state index is 0.642. The third-order valence-electron chi connectivity index (χ3n) is 2.35. The van der Waals surface area contributed by atoms with Gasteiger partial charge in [0.15, 0.2) is 5.82 Å². The fourth-order valence-electron chi connectivity index (χ4n) is 1.52. The van der Waals surface area contributed by atoms with Gasteiger partial charge in [0.2, 0.25) is 5.89 Å². The molecule has 0 radical (unpaired) electrons. The van der Waals surface area contributed by atoms with Crippen LogP contribution in [0.4, 0.5) is 0 Å². The maximum Gasteiger partial charge on any atom is 0.227 e. The Labute approximate surface area is 105 Å². The lowest BCUT2D eigenvalue weighted by Crippen LogP contribution is -2.10. The molecule has 0 aliphatic rings. The summed E-state index contributed by atoms with van der Waals surface area (Å²) < 4.78 is 5.14. The van der Waals surface area contributed by atoms with Crippen LogP contribution < -0.4 is 5.32 Å². The van der Waals surface area contributed by atoms with Gasteiger partial charge in [0.25, 0.3) is 0 Å². The number of nitrogens with zero attached hydrogens (tertiary/aromatic N) is 2. The molecule has 17 heavy (non-hydrogen) atoms. The largest absolute Gasteiger partial charge is 0.339 e. The highest BCUT2D eigenvalue weighted by atomic mass is 35.5. The minimum Gasteiger partial charge on any atom is -0.339 e. The first-order chi connectivity index (χ1) is 8.28. The molecular formula is C12H14ClN3O. The molecule has 1 N–H and O–H groups in total. The van der Waals surface area contributed by atoms with Crippen LogP contribution in [0.2, 0.25) is 5.02 Å². The predicted molar refractivity (Wildman–Crippen MR) is 66.2 cm³/mol. The number of aromatic nitrogens is 2.